The molecule has 2 aromatic rings. The second-order valence-electron chi connectivity index (χ2n) is 2.79. The third-order valence-electron chi connectivity index (χ3n) is 1.89. The number of rotatable bonds is 0. The van der Waals surface area contributed by atoms with Gasteiger partial charge in [-0.2, -0.15) is 5.26 Å². The van der Waals surface area contributed by atoms with Crippen molar-refractivity contribution in [3.63, 3.8) is 0 Å². The second-order valence-corrected chi connectivity index (χ2v) is 2.79. The lowest BCUT2D eigenvalue weighted by Gasteiger charge is -1.93. The minimum Gasteiger partial charge on any atom is -0.333 e. The van der Waals surface area contributed by atoms with Gasteiger partial charge in [-0.25, -0.2) is 9.37 Å². The summed E-state index contributed by atoms with van der Waals surface area (Å²) in [6, 6.07) is 3.41. The third-order valence-corrected chi connectivity index (χ3v) is 1.89. The minimum atomic E-state index is -0.345. The highest BCUT2D eigenvalue weighted by Gasteiger charge is 2.07. The monoisotopic (exact) mass is 235 g/mol. The van der Waals surface area contributed by atoms with E-state index in [0.717, 1.165) is 0 Å². The Labute approximate surface area is 102 Å². The Morgan fingerprint density at radius 1 is 1.29 bits per heavy atom. The Morgan fingerprint density at radius 2 is 1.88 bits per heavy atom. The smallest absolute Gasteiger partial charge is 0.150 e. The summed E-state index contributed by atoms with van der Waals surface area (Å²) in [6.07, 6.45) is 2.78. The van der Waals surface area contributed by atoms with E-state index in [0.29, 0.717) is 16.6 Å². The van der Waals surface area contributed by atoms with Crippen LogP contribution in [0.15, 0.2) is 18.5 Å². The summed E-state index contributed by atoms with van der Waals surface area (Å²) in [5.41, 5.74) is 0.925. The lowest BCUT2D eigenvalue weighted by Crippen LogP contribution is -1.87. The van der Waals surface area contributed by atoms with Crippen molar-refractivity contribution in [2.24, 2.45) is 7.05 Å². The zero-order chi connectivity index (χ0) is 13.4. The zero-order valence-electron chi connectivity index (χ0n) is 11.0. The van der Waals surface area contributed by atoms with Crippen LogP contribution < -0.4 is 0 Å². The van der Waals surface area contributed by atoms with Crippen LogP contribution in [0.5, 0.6) is 0 Å². The van der Waals surface area contributed by atoms with E-state index in [1.54, 1.807) is 11.6 Å². The van der Waals surface area contributed by atoms with E-state index in [4.69, 9.17) is 5.26 Å². The molecule has 2 rings (SSSR count). The average Bonchev–Trinajstić information content (AvgIpc) is 2.69. The summed E-state index contributed by atoms with van der Waals surface area (Å²) in [7, 11) is 1.71. The van der Waals surface area contributed by atoms with Gasteiger partial charge < -0.3 is 4.57 Å². The first-order valence-electron chi connectivity index (χ1n) is 5.73. The second kappa shape index (κ2) is 7.39. The molecule has 0 atom stereocenters. The highest BCUT2D eigenvalue weighted by Crippen LogP contribution is 2.17. The number of aromatic nitrogens is 2. The number of pyridine rings is 1. The van der Waals surface area contributed by atoms with Gasteiger partial charge in [0.25, 0.3) is 0 Å². The zero-order valence-corrected chi connectivity index (χ0v) is 11.0. The number of nitrogens with zero attached hydrogens (tertiary/aromatic N) is 3. The van der Waals surface area contributed by atoms with E-state index in [-0.39, 0.29) is 5.82 Å². The molecule has 0 saturated heterocycles. The van der Waals surface area contributed by atoms with Gasteiger partial charge in [-0.3, -0.25) is 0 Å². The molecule has 0 spiro atoms. The van der Waals surface area contributed by atoms with Crippen LogP contribution >= 0.6 is 0 Å². The Bertz CT molecular complexity index is 509. The fraction of sp³-hybridized carbons (Fsp3) is 0.385. The Morgan fingerprint density at radius 3 is 2.41 bits per heavy atom. The van der Waals surface area contributed by atoms with E-state index < -0.39 is 0 Å². The van der Waals surface area contributed by atoms with Crippen LogP contribution in [0.1, 0.15) is 33.3 Å². The van der Waals surface area contributed by atoms with Crippen LogP contribution in [0.25, 0.3) is 11.0 Å². The summed E-state index contributed by atoms with van der Waals surface area (Å²) in [5, 5.41) is 8.97. The number of hydrogen-bond donors (Lipinski definition) is 0. The molecule has 0 aliphatic rings. The molecule has 0 unspecified atom stereocenters. The maximum absolute atomic E-state index is 13.2. The van der Waals surface area contributed by atoms with Gasteiger partial charge in [0.05, 0.1) is 10.9 Å². The maximum atomic E-state index is 13.2. The lowest BCUT2D eigenvalue weighted by atomic mass is 10.2. The van der Waals surface area contributed by atoms with Crippen molar-refractivity contribution < 1.29 is 4.39 Å². The van der Waals surface area contributed by atoms with Gasteiger partial charge in [0, 0.05) is 19.4 Å². The molecule has 17 heavy (non-hydrogen) atoms. The van der Waals surface area contributed by atoms with Crippen molar-refractivity contribution >= 4 is 11.0 Å². The molecule has 0 radical (unpaired) electrons. The van der Waals surface area contributed by atoms with E-state index >= 15 is 0 Å². The van der Waals surface area contributed by atoms with Crippen LogP contribution in [-0.4, -0.2) is 9.55 Å². The largest absolute Gasteiger partial charge is 0.333 e. The first-order chi connectivity index (χ1) is 8.22. The van der Waals surface area contributed by atoms with Gasteiger partial charge in [0.1, 0.15) is 17.5 Å². The third kappa shape index (κ3) is 3.28. The molecular weight excluding hydrogens is 217 g/mol. The fourth-order valence-electron chi connectivity index (χ4n) is 1.28. The van der Waals surface area contributed by atoms with E-state index in [1.807, 2.05) is 33.8 Å². The Kier molecular flexibility index (Phi) is 6.57. The molecule has 3 nitrogen and oxygen atoms in total. The van der Waals surface area contributed by atoms with Gasteiger partial charge in [-0.15, -0.1) is 0 Å². The van der Waals surface area contributed by atoms with Gasteiger partial charge in [-0.05, 0) is 6.07 Å². The summed E-state index contributed by atoms with van der Waals surface area (Å²) < 4.78 is 14.7. The molecule has 2 aromatic heterocycles. The van der Waals surface area contributed by atoms with Crippen molar-refractivity contribution in [3.05, 3.63) is 29.8 Å². The van der Waals surface area contributed by atoms with E-state index in [9.17, 15) is 4.39 Å². The van der Waals surface area contributed by atoms with Gasteiger partial charge in [0.2, 0.25) is 0 Å². The highest BCUT2D eigenvalue weighted by atomic mass is 19.1. The number of aryl methyl sites for hydroxylation is 1. The molecule has 4 heteroatoms. The Hall–Kier alpha value is -1.89. The van der Waals surface area contributed by atoms with Crippen molar-refractivity contribution in [1.82, 2.24) is 9.55 Å². The van der Waals surface area contributed by atoms with Crippen LogP contribution in [0.3, 0.4) is 0 Å². The van der Waals surface area contributed by atoms with E-state index in [1.165, 1.54) is 18.5 Å². The van der Waals surface area contributed by atoms with Crippen molar-refractivity contribution in [2.45, 2.75) is 27.7 Å². The van der Waals surface area contributed by atoms with Crippen molar-refractivity contribution in [1.29, 1.82) is 5.26 Å². The molecule has 0 amide bonds. The Balaban J connectivity index is 0.000000581. The van der Waals surface area contributed by atoms with Crippen LogP contribution in [-0.2, 0) is 7.05 Å². The number of fused-ring (bicyclic) bond motifs is 1. The molecule has 0 fully saturated rings. The summed E-state index contributed by atoms with van der Waals surface area (Å²) >= 11 is 0. The minimum absolute atomic E-state index is 0.345. The molecular formula is C13H18FN3. The van der Waals surface area contributed by atoms with Crippen LogP contribution in [0.4, 0.5) is 4.39 Å². The predicted octanol–water partition coefficient (Wildman–Crippen LogP) is 3.64. The average molecular weight is 235 g/mol. The summed E-state index contributed by atoms with van der Waals surface area (Å²) in [5.74, 6) is -0.345. The number of hydrogen-bond acceptors (Lipinski definition) is 2. The number of nitriles is 1. The van der Waals surface area contributed by atoms with Gasteiger partial charge in [0.15, 0.2) is 0 Å². The normalized spacial score (nSPS) is 8.53. The topological polar surface area (TPSA) is 41.6 Å². The van der Waals surface area contributed by atoms with Crippen LogP contribution in [0.2, 0.25) is 0 Å². The molecule has 0 saturated carbocycles. The first-order valence-corrected chi connectivity index (χ1v) is 5.73. The van der Waals surface area contributed by atoms with E-state index in [2.05, 4.69) is 4.98 Å². The van der Waals surface area contributed by atoms with Crippen LogP contribution in [0, 0.1) is 17.1 Å². The quantitative estimate of drug-likeness (QED) is 0.699. The van der Waals surface area contributed by atoms with Crippen molar-refractivity contribution in [3.8, 4) is 6.07 Å². The summed E-state index contributed by atoms with van der Waals surface area (Å²) in [6.45, 7) is 8.00. The van der Waals surface area contributed by atoms with Gasteiger partial charge >= 0.3 is 0 Å². The molecule has 2 heterocycles. The van der Waals surface area contributed by atoms with Crippen molar-refractivity contribution in [2.75, 3.05) is 0 Å². The molecule has 0 aromatic carbocycles. The molecule has 0 N–H and O–H groups in total. The maximum Gasteiger partial charge on any atom is 0.150 e. The highest BCUT2D eigenvalue weighted by molar-refractivity contribution is 5.78. The number of halogens is 1. The molecule has 0 aliphatic heterocycles. The molecule has 0 aliphatic carbocycles. The molecule has 92 valence electrons. The van der Waals surface area contributed by atoms with Gasteiger partial charge in [-0.1, -0.05) is 27.7 Å². The molecule has 0 bridgehead atoms. The predicted molar refractivity (Wildman–Crippen MR) is 68.1 cm³/mol. The summed E-state index contributed by atoms with van der Waals surface area (Å²) in [4.78, 5) is 3.97. The lowest BCUT2D eigenvalue weighted by molar-refractivity contribution is 0.633. The first kappa shape index (κ1) is 15.1. The fourth-order valence-corrected chi connectivity index (χ4v) is 1.28. The SMILES string of the molecule is CC.CC.Cn1cc(F)c2cc(C#N)cnc21. The standard InChI is InChI=1S/C9H6FN3.2C2H6/c1-13-5-8(10)7-2-6(3-11)4-12-9(7)13;2*1-2/h2,4-5H,1H3;2*1-2H3.